The minimum Gasteiger partial charge on any atom is -0.404 e. The van der Waals surface area contributed by atoms with Crippen LogP contribution in [-0.4, -0.2) is 36.1 Å². The molecule has 0 spiro atoms. The molecule has 172 valence electrons. The van der Waals surface area contributed by atoms with E-state index in [-0.39, 0.29) is 24.2 Å². The van der Waals surface area contributed by atoms with E-state index in [0.29, 0.717) is 11.7 Å². The van der Waals surface area contributed by atoms with E-state index in [2.05, 4.69) is 15.3 Å². The van der Waals surface area contributed by atoms with Gasteiger partial charge in [0.05, 0.1) is 6.42 Å². The van der Waals surface area contributed by atoms with Crippen LogP contribution in [0.25, 0.3) is 5.57 Å². The Hall–Kier alpha value is -3.48. The van der Waals surface area contributed by atoms with Crippen LogP contribution >= 0.6 is 0 Å². The first-order valence-corrected chi connectivity index (χ1v) is 11.4. The van der Waals surface area contributed by atoms with Gasteiger partial charge in [-0.25, -0.2) is 4.98 Å². The van der Waals surface area contributed by atoms with E-state index in [9.17, 15) is 9.59 Å². The van der Waals surface area contributed by atoms with E-state index in [1.807, 2.05) is 49.1 Å². The molecular weight excluding hydrogens is 414 g/mol. The molecule has 1 aliphatic heterocycles. The van der Waals surface area contributed by atoms with Crippen LogP contribution in [0.15, 0.2) is 47.6 Å². The topological polar surface area (TPSA) is 101 Å². The third kappa shape index (κ3) is 5.13. The number of aryl methyl sites for hydroxylation is 1. The van der Waals surface area contributed by atoms with Crippen molar-refractivity contribution in [2.24, 2.45) is 22.6 Å². The Kier molecular flexibility index (Phi) is 6.58. The molecule has 2 heterocycles. The fourth-order valence-electron chi connectivity index (χ4n) is 4.53. The summed E-state index contributed by atoms with van der Waals surface area (Å²) >= 11 is 0. The summed E-state index contributed by atoms with van der Waals surface area (Å²) in [5.41, 5.74) is 10.8. The van der Waals surface area contributed by atoms with Crippen molar-refractivity contribution in [2.75, 3.05) is 23.8 Å². The predicted molar refractivity (Wildman–Crippen MR) is 132 cm³/mol. The first-order valence-electron chi connectivity index (χ1n) is 11.4. The fraction of sp³-hybridized carbons (Fsp3) is 0.385. The molecule has 7 heteroatoms. The molecule has 0 unspecified atom stereocenters. The van der Waals surface area contributed by atoms with Crippen LogP contribution < -0.4 is 16.0 Å². The van der Waals surface area contributed by atoms with E-state index >= 15 is 0 Å². The zero-order chi connectivity index (χ0) is 23.5. The van der Waals surface area contributed by atoms with Crippen LogP contribution in [0, 0.1) is 18.8 Å². The Morgan fingerprint density at radius 1 is 1.27 bits per heavy atom. The summed E-state index contributed by atoms with van der Waals surface area (Å²) in [6, 6.07) is 11.4. The van der Waals surface area contributed by atoms with Gasteiger partial charge in [-0.2, -0.15) is 0 Å². The maximum absolute atomic E-state index is 12.9. The molecule has 1 saturated carbocycles. The molecule has 1 saturated heterocycles. The first-order chi connectivity index (χ1) is 15.9. The number of amides is 2. The highest BCUT2D eigenvalue weighted by molar-refractivity contribution is 6.22. The largest absolute Gasteiger partial charge is 0.404 e. The minimum atomic E-state index is -0.168. The van der Waals surface area contributed by atoms with Crippen LogP contribution in [0.4, 0.5) is 11.5 Å². The molecule has 3 N–H and O–H groups in total. The number of anilines is 2. The highest BCUT2D eigenvalue weighted by Gasteiger charge is 2.42. The molecule has 1 aromatic carbocycles. The molecule has 1 atom stereocenters. The second-order valence-corrected chi connectivity index (χ2v) is 8.89. The number of allylic oxidation sites excluding steroid dienone is 1. The number of carbonyl (C=O) groups is 2. The maximum Gasteiger partial charge on any atom is 0.230 e. The van der Waals surface area contributed by atoms with Crippen molar-refractivity contribution < 1.29 is 9.59 Å². The van der Waals surface area contributed by atoms with E-state index < -0.39 is 0 Å². The molecule has 4 rings (SSSR count). The van der Waals surface area contributed by atoms with Gasteiger partial charge in [-0.15, -0.1) is 0 Å². The van der Waals surface area contributed by atoms with Gasteiger partial charge in [-0.05, 0) is 56.2 Å². The summed E-state index contributed by atoms with van der Waals surface area (Å²) in [6.07, 6.45) is 4.97. The normalized spacial score (nSPS) is 19.2. The Morgan fingerprint density at radius 2 is 2.06 bits per heavy atom. The number of benzene rings is 1. The molecule has 0 radical (unpaired) electrons. The average Bonchev–Trinajstić information content (AvgIpc) is 3.55. The lowest BCUT2D eigenvalue weighted by Crippen LogP contribution is -2.28. The van der Waals surface area contributed by atoms with Crippen LogP contribution in [0.2, 0.25) is 0 Å². The van der Waals surface area contributed by atoms with Crippen molar-refractivity contribution >= 4 is 34.6 Å². The molecule has 7 nitrogen and oxygen atoms in total. The van der Waals surface area contributed by atoms with Crippen LogP contribution in [0.3, 0.4) is 0 Å². The lowest BCUT2D eigenvalue weighted by atomic mass is 9.99. The molecule has 2 fully saturated rings. The number of aliphatic imine (C=N–C) groups is 1. The Balaban J connectivity index is 1.46. The SMILES string of the molecule is CN=C(C)C(=CN)c1cccc(CC(=O)Nc2cc(N3CC[C@@H](C4CC4)C3=O)cc(C)n2)c1. The van der Waals surface area contributed by atoms with Crippen LogP contribution in [0.5, 0.6) is 0 Å². The van der Waals surface area contributed by atoms with Gasteiger partial charge < -0.3 is 16.0 Å². The number of pyridine rings is 1. The van der Waals surface area contributed by atoms with E-state index in [0.717, 1.165) is 59.6 Å². The molecule has 0 bridgehead atoms. The summed E-state index contributed by atoms with van der Waals surface area (Å²) in [6.45, 7) is 4.50. The van der Waals surface area contributed by atoms with Gasteiger partial charge in [0, 0.05) is 54.4 Å². The molecule has 33 heavy (non-hydrogen) atoms. The third-order valence-electron chi connectivity index (χ3n) is 6.45. The zero-order valence-corrected chi connectivity index (χ0v) is 19.5. The van der Waals surface area contributed by atoms with Gasteiger partial charge in [0.1, 0.15) is 5.82 Å². The highest BCUT2D eigenvalue weighted by atomic mass is 16.2. The maximum atomic E-state index is 12.9. The smallest absolute Gasteiger partial charge is 0.230 e. The van der Waals surface area contributed by atoms with Crippen LogP contribution in [-0.2, 0) is 16.0 Å². The van der Waals surface area contributed by atoms with Gasteiger partial charge in [0.15, 0.2) is 0 Å². The highest BCUT2D eigenvalue weighted by Crippen LogP contribution is 2.43. The summed E-state index contributed by atoms with van der Waals surface area (Å²) in [7, 11) is 1.72. The van der Waals surface area contributed by atoms with Gasteiger partial charge in [0.2, 0.25) is 11.8 Å². The number of nitrogens with one attached hydrogen (secondary N) is 1. The molecule has 1 aromatic heterocycles. The fourth-order valence-corrected chi connectivity index (χ4v) is 4.53. The Morgan fingerprint density at radius 3 is 2.76 bits per heavy atom. The molecule has 2 aliphatic rings. The van der Waals surface area contributed by atoms with Crippen molar-refractivity contribution in [3.63, 3.8) is 0 Å². The lowest BCUT2D eigenvalue weighted by molar-refractivity contribution is -0.121. The average molecular weight is 446 g/mol. The molecular formula is C26H31N5O2. The number of hydrogen-bond acceptors (Lipinski definition) is 5. The summed E-state index contributed by atoms with van der Waals surface area (Å²) < 4.78 is 0. The predicted octanol–water partition coefficient (Wildman–Crippen LogP) is 3.72. The number of aromatic nitrogens is 1. The Bertz CT molecular complexity index is 1130. The van der Waals surface area contributed by atoms with Crippen molar-refractivity contribution in [3.05, 3.63) is 59.4 Å². The number of carbonyl (C=O) groups excluding carboxylic acids is 2. The van der Waals surface area contributed by atoms with Crippen molar-refractivity contribution in [2.45, 2.75) is 39.5 Å². The minimum absolute atomic E-state index is 0.151. The number of nitrogens with zero attached hydrogens (tertiary/aromatic N) is 3. The third-order valence-corrected chi connectivity index (χ3v) is 6.45. The summed E-state index contributed by atoms with van der Waals surface area (Å²) in [5.74, 6) is 1.20. The monoisotopic (exact) mass is 445 g/mol. The van der Waals surface area contributed by atoms with Gasteiger partial charge in [-0.3, -0.25) is 14.6 Å². The lowest BCUT2D eigenvalue weighted by Gasteiger charge is -2.18. The molecule has 2 amide bonds. The van der Waals surface area contributed by atoms with E-state index in [4.69, 9.17) is 5.73 Å². The standard InChI is InChI=1S/C26H31N5O2/c1-16-11-21(31-10-9-22(26(31)33)19-7-8-19)14-24(29-16)30-25(32)13-18-5-4-6-20(12-18)23(15-27)17(2)28-3/h4-6,11-12,14-15,19,22H,7-10,13,27H2,1-3H3,(H,29,30,32)/t22-/m0/s1. The Labute approximate surface area is 194 Å². The van der Waals surface area contributed by atoms with E-state index in [1.54, 1.807) is 13.1 Å². The van der Waals surface area contributed by atoms with Gasteiger partial charge in [-0.1, -0.05) is 24.3 Å². The number of nitrogens with two attached hydrogens (primary N) is 1. The summed E-state index contributed by atoms with van der Waals surface area (Å²) in [5, 5.41) is 2.90. The molecule has 2 aromatic rings. The number of hydrogen-bond donors (Lipinski definition) is 2. The van der Waals surface area contributed by atoms with Gasteiger partial charge in [0.25, 0.3) is 0 Å². The van der Waals surface area contributed by atoms with Crippen molar-refractivity contribution in [1.29, 1.82) is 0 Å². The van der Waals surface area contributed by atoms with Crippen LogP contribution in [0.1, 0.15) is 43.0 Å². The van der Waals surface area contributed by atoms with Gasteiger partial charge >= 0.3 is 0 Å². The second-order valence-electron chi connectivity index (χ2n) is 8.89. The van der Waals surface area contributed by atoms with Crippen molar-refractivity contribution in [3.8, 4) is 0 Å². The first kappa shape index (κ1) is 22.7. The zero-order valence-electron chi connectivity index (χ0n) is 19.5. The van der Waals surface area contributed by atoms with Crippen molar-refractivity contribution in [1.82, 2.24) is 4.98 Å². The number of rotatable bonds is 7. The quantitative estimate of drug-likeness (QED) is 0.634. The molecule has 1 aliphatic carbocycles. The van der Waals surface area contributed by atoms with E-state index in [1.165, 1.54) is 6.20 Å². The second kappa shape index (κ2) is 9.57. The summed E-state index contributed by atoms with van der Waals surface area (Å²) in [4.78, 5) is 36.1.